The first-order valence-electron chi connectivity index (χ1n) is 8.11. The molecule has 1 N–H and O–H groups in total. The lowest BCUT2D eigenvalue weighted by Crippen LogP contribution is -2.37. The van der Waals surface area contributed by atoms with Crippen LogP contribution in [0.25, 0.3) is 10.9 Å². The number of aromatic nitrogens is 1. The van der Waals surface area contributed by atoms with Crippen LogP contribution in [0.4, 0.5) is 13.2 Å². The van der Waals surface area contributed by atoms with Crippen LogP contribution in [-0.2, 0) is 6.18 Å². The number of carbonyl (C=O) groups excluding carboxylic acids is 1. The van der Waals surface area contributed by atoms with E-state index in [1.165, 1.54) is 24.4 Å². The Morgan fingerprint density at radius 1 is 1.21 bits per heavy atom. The summed E-state index contributed by atoms with van der Waals surface area (Å²) in [6.07, 6.45) is 0.789. The molecule has 128 valence electrons. The average Bonchev–Trinajstić information content (AvgIpc) is 2.55. The third-order valence-electron chi connectivity index (χ3n) is 4.63. The van der Waals surface area contributed by atoms with Crippen molar-refractivity contribution < 1.29 is 18.0 Å². The summed E-state index contributed by atoms with van der Waals surface area (Å²) in [6.45, 7) is 2.20. The average molecular weight is 336 g/mol. The molecule has 3 rings (SSSR count). The molecular weight excluding hydrogens is 317 g/mol. The van der Waals surface area contributed by atoms with Crippen LogP contribution in [0.5, 0.6) is 0 Å². The van der Waals surface area contributed by atoms with Crippen LogP contribution >= 0.6 is 0 Å². The number of alkyl halides is 3. The van der Waals surface area contributed by atoms with Crippen molar-refractivity contribution in [3.63, 3.8) is 0 Å². The van der Waals surface area contributed by atoms with Gasteiger partial charge in [0.1, 0.15) is 0 Å². The van der Waals surface area contributed by atoms with Crippen molar-refractivity contribution in [3.8, 4) is 0 Å². The minimum atomic E-state index is -4.46. The maximum atomic E-state index is 13.0. The van der Waals surface area contributed by atoms with Gasteiger partial charge in [-0.25, -0.2) is 0 Å². The maximum absolute atomic E-state index is 13.0. The third-order valence-corrected chi connectivity index (χ3v) is 4.63. The summed E-state index contributed by atoms with van der Waals surface area (Å²) in [5.74, 6) is 0.405. The van der Waals surface area contributed by atoms with Gasteiger partial charge in [-0.3, -0.25) is 9.78 Å². The zero-order chi connectivity index (χ0) is 17.3. The molecule has 1 aromatic carbocycles. The Labute approximate surface area is 138 Å². The topological polar surface area (TPSA) is 42.0 Å². The van der Waals surface area contributed by atoms with E-state index in [0.29, 0.717) is 16.9 Å². The Kier molecular flexibility index (Phi) is 4.47. The molecule has 2 aromatic rings. The van der Waals surface area contributed by atoms with Gasteiger partial charge in [0.15, 0.2) is 0 Å². The van der Waals surface area contributed by atoms with Crippen LogP contribution in [0.3, 0.4) is 0 Å². The summed E-state index contributed by atoms with van der Waals surface area (Å²) in [6, 6.07) is 5.47. The van der Waals surface area contributed by atoms with Gasteiger partial charge in [-0.05, 0) is 43.7 Å². The Morgan fingerprint density at radius 3 is 2.58 bits per heavy atom. The Balaban J connectivity index is 1.82. The first kappa shape index (κ1) is 16.7. The first-order valence-corrected chi connectivity index (χ1v) is 8.11. The van der Waals surface area contributed by atoms with Crippen molar-refractivity contribution in [2.45, 2.75) is 44.8 Å². The monoisotopic (exact) mass is 336 g/mol. The predicted octanol–water partition coefficient (Wildman–Crippen LogP) is 4.56. The lowest BCUT2D eigenvalue weighted by atomic mass is 9.87. The second kappa shape index (κ2) is 6.42. The number of fused-ring (bicyclic) bond motifs is 1. The van der Waals surface area contributed by atoms with Crippen LogP contribution in [0.2, 0.25) is 0 Å². The van der Waals surface area contributed by atoms with Crippen LogP contribution in [0.1, 0.15) is 48.5 Å². The zero-order valence-electron chi connectivity index (χ0n) is 13.4. The number of pyridine rings is 1. The Hall–Kier alpha value is -2.11. The summed E-state index contributed by atoms with van der Waals surface area (Å²) in [4.78, 5) is 16.2. The van der Waals surface area contributed by atoms with Gasteiger partial charge < -0.3 is 5.32 Å². The zero-order valence-corrected chi connectivity index (χ0v) is 13.4. The molecule has 0 bridgehead atoms. The standard InChI is InChI=1S/C18H19F3N2O/c1-11-5-7-14(8-6-11)23-17(24)13-9-12-3-2-4-15(18(19,20)21)16(12)22-10-13/h2-4,9-11,14H,5-8H2,1H3,(H,23,24)/t11-,14-. The molecule has 0 aliphatic heterocycles. The molecule has 1 aliphatic rings. The van der Waals surface area contributed by atoms with E-state index >= 15 is 0 Å². The highest BCUT2D eigenvalue weighted by molar-refractivity contribution is 5.97. The van der Waals surface area contributed by atoms with Crippen LogP contribution < -0.4 is 5.32 Å². The van der Waals surface area contributed by atoms with Crippen molar-refractivity contribution in [2.24, 2.45) is 5.92 Å². The smallest absolute Gasteiger partial charge is 0.349 e. The minimum Gasteiger partial charge on any atom is -0.349 e. The molecular formula is C18H19F3N2O. The summed E-state index contributed by atoms with van der Waals surface area (Å²) in [5.41, 5.74) is -0.623. The third kappa shape index (κ3) is 3.52. The SMILES string of the molecule is C[C@H]1CC[C@H](NC(=O)c2cnc3c(C(F)(F)F)cccc3c2)CC1. The van der Waals surface area contributed by atoms with E-state index in [9.17, 15) is 18.0 Å². The number of carbonyl (C=O) groups is 1. The van der Waals surface area contributed by atoms with E-state index in [1.807, 2.05) is 0 Å². The number of benzene rings is 1. The van der Waals surface area contributed by atoms with Crippen molar-refractivity contribution in [1.82, 2.24) is 10.3 Å². The molecule has 1 fully saturated rings. The summed E-state index contributed by atoms with van der Waals surface area (Å²) >= 11 is 0. The number of para-hydroxylation sites is 1. The highest BCUT2D eigenvalue weighted by Crippen LogP contribution is 2.33. The fourth-order valence-electron chi connectivity index (χ4n) is 3.19. The normalized spacial score (nSPS) is 21.7. The molecule has 0 unspecified atom stereocenters. The van der Waals surface area contributed by atoms with Gasteiger partial charge in [-0.15, -0.1) is 0 Å². The second-order valence-corrected chi connectivity index (χ2v) is 6.53. The lowest BCUT2D eigenvalue weighted by Gasteiger charge is -2.26. The van der Waals surface area contributed by atoms with Gasteiger partial charge in [0, 0.05) is 17.6 Å². The number of halogens is 3. The Bertz CT molecular complexity index is 750. The van der Waals surface area contributed by atoms with Gasteiger partial charge in [-0.2, -0.15) is 13.2 Å². The van der Waals surface area contributed by atoms with Gasteiger partial charge in [0.05, 0.1) is 16.6 Å². The number of nitrogens with one attached hydrogen (secondary N) is 1. The second-order valence-electron chi connectivity index (χ2n) is 6.53. The molecule has 0 saturated heterocycles. The number of hydrogen-bond donors (Lipinski definition) is 1. The van der Waals surface area contributed by atoms with Crippen LogP contribution in [-0.4, -0.2) is 16.9 Å². The predicted molar refractivity (Wildman–Crippen MR) is 85.6 cm³/mol. The fraction of sp³-hybridized carbons (Fsp3) is 0.444. The number of rotatable bonds is 2. The minimum absolute atomic E-state index is 0.130. The van der Waals surface area contributed by atoms with Gasteiger partial charge in [-0.1, -0.05) is 19.1 Å². The van der Waals surface area contributed by atoms with E-state index in [0.717, 1.165) is 31.7 Å². The van der Waals surface area contributed by atoms with Crippen molar-refractivity contribution in [2.75, 3.05) is 0 Å². The van der Waals surface area contributed by atoms with Crippen LogP contribution in [0.15, 0.2) is 30.5 Å². The molecule has 1 aliphatic carbocycles. The summed E-state index contributed by atoms with van der Waals surface area (Å²) in [7, 11) is 0. The molecule has 3 nitrogen and oxygen atoms in total. The maximum Gasteiger partial charge on any atom is 0.418 e. The first-order chi connectivity index (χ1) is 11.3. The molecule has 0 atom stereocenters. The van der Waals surface area contributed by atoms with Gasteiger partial charge in [0.25, 0.3) is 5.91 Å². The van der Waals surface area contributed by atoms with E-state index < -0.39 is 11.7 Å². The van der Waals surface area contributed by atoms with E-state index in [1.54, 1.807) is 0 Å². The number of hydrogen-bond acceptors (Lipinski definition) is 2. The molecule has 6 heteroatoms. The largest absolute Gasteiger partial charge is 0.418 e. The molecule has 0 spiro atoms. The molecule has 24 heavy (non-hydrogen) atoms. The summed E-state index contributed by atoms with van der Waals surface area (Å²) in [5, 5.41) is 3.28. The quantitative estimate of drug-likeness (QED) is 0.873. The van der Waals surface area contributed by atoms with E-state index in [4.69, 9.17) is 0 Å². The highest BCUT2D eigenvalue weighted by atomic mass is 19.4. The fourth-order valence-corrected chi connectivity index (χ4v) is 3.19. The molecule has 1 aromatic heterocycles. The van der Waals surface area contributed by atoms with Crippen molar-refractivity contribution >= 4 is 16.8 Å². The lowest BCUT2D eigenvalue weighted by molar-refractivity contribution is -0.136. The van der Waals surface area contributed by atoms with E-state index in [-0.39, 0.29) is 17.5 Å². The molecule has 1 saturated carbocycles. The van der Waals surface area contributed by atoms with Gasteiger partial charge >= 0.3 is 6.18 Å². The number of nitrogens with zero attached hydrogens (tertiary/aromatic N) is 1. The Morgan fingerprint density at radius 2 is 1.92 bits per heavy atom. The molecule has 1 heterocycles. The van der Waals surface area contributed by atoms with Gasteiger partial charge in [0.2, 0.25) is 0 Å². The molecule has 1 amide bonds. The number of amides is 1. The molecule has 0 radical (unpaired) electrons. The van der Waals surface area contributed by atoms with E-state index in [2.05, 4.69) is 17.2 Å². The van der Waals surface area contributed by atoms with Crippen molar-refractivity contribution in [1.29, 1.82) is 0 Å². The summed E-state index contributed by atoms with van der Waals surface area (Å²) < 4.78 is 39.0. The highest BCUT2D eigenvalue weighted by Gasteiger charge is 2.33. The van der Waals surface area contributed by atoms with Crippen LogP contribution in [0, 0.1) is 5.92 Å². The van der Waals surface area contributed by atoms with Crippen molar-refractivity contribution in [3.05, 3.63) is 41.6 Å².